The highest BCUT2D eigenvalue weighted by Gasteiger charge is 2.12. The Hall–Kier alpha value is -2.45. The topological polar surface area (TPSA) is 85.9 Å². The molecule has 0 heterocycles. The van der Waals surface area contributed by atoms with Crippen LogP contribution in [0.25, 0.3) is 0 Å². The Bertz CT molecular complexity index is 794. The van der Waals surface area contributed by atoms with Crippen molar-refractivity contribution in [3.63, 3.8) is 0 Å². The van der Waals surface area contributed by atoms with Gasteiger partial charge in [-0.15, -0.1) is 0 Å². The third-order valence-electron chi connectivity index (χ3n) is 2.95. The van der Waals surface area contributed by atoms with Crippen molar-refractivity contribution >= 4 is 45.4 Å². The summed E-state index contributed by atoms with van der Waals surface area (Å²) in [6.07, 6.45) is 1.46. The maximum absolute atomic E-state index is 12.3. The van der Waals surface area contributed by atoms with Gasteiger partial charge in [0, 0.05) is 10.0 Å². The standard InChI is InChI=1S/C17H16BrN3O3S/c1-2-23-14-6-3-11(4-7-14)16(22)24-15-8-5-13(18)9-12(15)10-20-21-17(19)25/h3-10H,2H2,1H3,(H3,19,21,25)/b20-10-. The summed E-state index contributed by atoms with van der Waals surface area (Å²) in [5.41, 5.74) is 8.76. The van der Waals surface area contributed by atoms with E-state index in [4.69, 9.17) is 15.2 Å². The first-order chi connectivity index (χ1) is 12.0. The summed E-state index contributed by atoms with van der Waals surface area (Å²) in [5, 5.41) is 3.93. The van der Waals surface area contributed by atoms with Crippen LogP contribution in [0.4, 0.5) is 0 Å². The number of nitrogens with one attached hydrogen (secondary N) is 1. The maximum atomic E-state index is 12.3. The van der Waals surface area contributed by atoms with Crippen LogP contribution in [0.15, 0.2) is 52.0 Å². The average molecular weight is 422 g/mol. The third-order valence-corrected chi connectivity index (χ3v) is 3.54. The van der Waals surface area contributed by atoms with Crippen molar-refractivity contribution in [3.05, 3.63) is 58.1 Å². The highest BCUT2D eigenvalue weighted by molar-refractivity contribution is 9.10. The number of hydrogen-bond donors (Lipinski definition) is 2. The van der Waals surface area contributed by atoms with E-state index >= 15 is 0 Å². The molecule has 6 nitrogen and oxygen atoms in total. The lowest BCUT2D eigenvalue weighted by Crippen LogP contribution is -2.24. The van der Waals surface area contributed by atoms with Crippen molar-refractivity contribution in [2.24, 2.45) is 10.8 Å². The van der Waals surface area contributed by atoms with Gasteiger partial charge in [0.05, 0.1) is 18.4 Å². The van der Waals surface area contributed by atoms with Crippen molar-refractivity contribution in [3.8, 4) is 11.5 Å². The smallest absolute Gasteiger partial charge is 0.343 e. The average Bonchev–Trinajstić information content (AvgIpc) is 2.58. The van der Waals surface area contributed by atoms with Crippen molar-refractivity contribution in [2.75, 3.05) is 6.61 Å². The lowest BCUT2D eigenvalue weighted by molar-refractivity contribution is 0.0734. The second-order valence-electron chi connectivity index (χ2n) is 4.76. The van der Waals surface area contributed by atoms with Gasteiger partial charge in [-0.25, -0.2) is 4.79 Å². The van der Waals surface area contributed by atoms with Gasteiger partial charge in [-0.1, -0.05) is 15.9 Å². The quantitative estimate of drug-likeness (QED) is 0.245. The lowest BCUT2D eigenvalue weighted by Gasteiger charge is -2.09. The number of rotatable bonds is 6. The summed E-state index contributed by atoms with van der Waals surface area (Å²) >= 11 is 8.04. The number of esters is 1. The van der Waals surface area contributed by atoms with Crippen LogP contribution in [-0.4, -0.2) is 23.9 Å². The molecule has 0 fully saturated rings. The fourth-order valence-electron chi connectivity index (χ4n) is 1.89. The Balaban J connectivity index is 2.16. The minimum absolute atomic E-state index is 0.0409. The van der Waals surface area contributed by atoms with Crippen LogP contribution in [0.3, 0.4) is 0 Å². The van der Waals surface area contributed by atoms with E-state index in [0.717, 1.165) is 4.47 Å². The molecule has 0 saturated heterocycles. The molecule has 0 aliphatic heterocycles. The molecule has 2 aromatic carbocycles. The van der Waals surface area contributed by atoms with Crippen LogP contribution in [-0.2, 0) is 0 Å². The van der Waals surface area contributed by atoms with Gasteiger partial charge < -0.3 is 15.2 Å². The molecule has 3 N–H and O–H groups in total. The zero-order chi connectivity index (χ0) is 18.2. The monoisotopic (exact) mass is 421 g/mol. The minimum Gasteiger partial charge on any atom is -0.494 e. The Morgan fingerprint density at radius 3 is 2.68 bits per heavy atom. The van der Waals surface area contributed by atoms with E-state index in [1.807, 2.05) is 6.92 Å². The van der Waals surface area contributed by atoms with Gasteiger partial charge >= 0.3 is 5.97 Å². The summed E-state index contributed by atoms with van der Waals surface area (Å²) in [4.78, 5) is 12.3. The van der Waals surface area contributed by atoms with E-state index < -0.39 is 5.97 Å². The number of hydrazone groups is 1. The van der Waals surface area contributed by atoms with Gasteiger partial charge in [0.25, 0.3) is 0 Å². The Morgan fingerprint density at radius 2 is 2.04 bits per heavy atom. The molecule has 8 heteroatoms. The summed E-state index contributed by atoms with van der Waals surface area (Å²) in [5.74, 6) is 0.567. The largest absolute Gasteiger partial charge is 0.494 e. The van der Waals surface area contributed by atoms with Crippen LogP contribution in [0, 0.1) is 0 Å². The molecule has 25 heavy (non-hydrogen) atoms. The van der Waals surface area contributed by atoms with Gasteiger partial charge in [0.15, 0.2) is 5.11 Å². The molecule has 0 unspecified atom stereocenters. The van der Waals surface area contributed by atoms with Gasteiger partial charge in [-0.3, -0.25) is 5.43 Å². The molecular formula is C17H16BrN3O3S. The van der Waals surface area contributed by atoms with E-state index in [0.29, 0.717) is 29.2 Å². The molecule has 2 rings (SSSR count). The van der Waals surface area contributed by atoms with Gasteiger partial charge in [-0.05, 0) is 61.6 Å². The number of halogens is 1. The number of ether oxygens (including phenoxy) is 2. The molecule has 0 bridgehead atoms. The zero-order valence-electron chi connectivity index (χ0n) is 13.4. The number of thiocarbonyl (C=S) groups is 1. The van der Waals surface area contributed by atoms with E-state index in [2.05, 4.69) is 38.7 Å². The van der Waals surface area contributed by atoms with Gasteiger partial charge in [0.2, 0.25) is 0 Å². The lowest BCUT2D eigenvalue weighted by atomic mass is 10.2. The molecule has 130 valence electrons. The second kappa shape index (κ2) is 9.14. The van der Waals surface area contributed by atoms with E-state index in [9.17, 15) is 4.79 Å². The number of hydrogen-bond acceptors (Lipinski definition) is 5. The first-order valence-electron chi connectivity index (χ1n) is 7.32. The van der Waals surface area contributed by atoms with Crippen molar-refractivity contribution < 1.29 is 14.3 Å². The molecule has 0 aliphatic rings. The van der Waals surface area contributed by atoms with E-state index in [1.54, 1.807) is 42.5 Å². The molecule has 0 aliphatic carbocycles. The molecule has 0 atom stereocenters. The zero-order valence-corrected chi connectivity index (χ0v) is 15.8. The van der Waals surface area contributed by atoms with Crippen LogP contribution < -0.4 is 20.6 Å². The highest BCUT2D eigenvalue weighted by atomic mass is 79.9. The van der Waals surface area contributed by atoms with E-state index in [1.165, 1.54) is 6.21 Å². The minimum atomic E-state index is -0.484. The number of carbonyl (C=O) groups is 1. The Labute approximate surface area is 159 Å². The van der Waals surface area contributed by atoms with Crippen LogP contribution in [0.1, 0.15) is 22.8 Å². The molecule has 0 saturated carbocycles. The number of benzene rings is 2. The first kappa shape index (κ1) is 18.9. The van der Waals surface area contributed by atoms with Crippen molar-refractivity contribution in [1.29, 1.82) is 0 Å². The van der Waals surface area contributed by atoms with Gasteiger partial charge in [0.1, 0.15) is 11.5 Å². The van der Waals surface area contributed by atoms with Crippen LogP contribution >= 0.6 is 28.1 Å². The molecule has 0 radical (unpaired) electrons. The number of nitrogens with two attached hydrogens (primary N) is 1. The Kier molecular flexibility index (Phi) is 6.91. The summed E-state index contributed by atoms with van der Waals surface area (Å²) < 4.78 is 11.6. The normalized spacial score (nSPS) is 10.5. The summed E-state index contributed by atoms with van der Waals surface area (Å²) in [6, 6.07) is 11.9. The van der Waals surface area contributed by atoms with Crippen LogP contribution in [0.2, 0.25) is 0 Å². The predicted molar refractivity (Wildman–Crippen MR) is 104 cm³/mol. The fourth-order valence-corrected chi connectivity index (χ4v) is 2.32. The highest BCUT2D eigenvalue weighted by Crippen LogP contribution is 2.23. The first-order valence-corrected chi connectivity index (χ1v) is 8.53. The molecule has 0 amide bonds. The second-order valence-corrected chi connectivity index (χ2v) is 6.12. The number of carbonyl (C=O) groups excluding carboxylic acids is 1. The van der Waals surface area contributed by atoms with E-state index in [-0.39, 0.29) is 5.11 Å². The predicted octanol–water partition coefficient (Wildman–Crippen LogP) is 3.23. The summed E-state index contributed by atoms with van der Waals surface area (Å²) in [7, 11) is 0. The SMILES string of the molecule is CCOc1ccc(C(=O)Oc2ccc(Br)cc2/C=N\NC(N)=S)cc1. The third kappa shape index (κ3) is 5.84. The maximum Gasteiger partial charge on any atom is 0.343 e. The molecule has 0 spiro atoms. The molecular weight excluding hydrogens is 406 g/mol. The van der Waals surface area contributed by atoms with Crippen LogP contribution in [0.5, 0.6) is 11.5 Å². The van der Waals surface area contributed by atoms with Crippen molar-refractivity contribution in [2.45, 2.75) is 6.92 Å². The van der Waals surface area contributed by atoms with Gasteiger partial charge in [-0.2, -0.15) is 5.10 Å². The Morgan fingerprint density at radius 1 is 1.32 bits per heavy atom. The fraction of sp³-hybridized carbons (Fsp3) is 0.118. The molecule has 2 aromatic rings. The van der Waals surface area contributed by atoms with Crippen molar-refractivity contribution in [1.82, 2.24) is 5.43 Å². The summed E-state index contributed by atoms with van der Waals surface area (Å²) in [6.45, 7) is 2.46. The number of nitrogens with zero attached hydrogens (tertiary/aromatic N) is 1. The molecule has 0 aromatic heterocycles.